The molecule has 10 aromatic carbocycles. The second kappa shape index (κ2) is 13.4. The van der Waals surface area contributed by atoms with Crippen LogP contribution < -0.4 is 4.90 Å². The molecule has 0 unspecified atom stereocenters. The Morgan fingerprint density at radius 2 is 0.881 bits per heavy atom. The minimum atomic E-state index is 0.905. The second-order valence-corrected chi connectivity index (χ2v) is 15.3. The predicted octanol–water partition coefficient (Wildman–Crippen LogP) is 15.8. The number of para-hydroxylation sites is 5. The van der Waals surface area contributed by atoms with Gasteiger partial charge in [0.15, 0.2) is 0 Å². The Labute approximate surface area is 341 Å². The standard InChI is InChI=1S/C56H36N2O/c1-2-16-44-37(13-1)27-28-40-14-11-25-53(55(40)44)57(42-35-31-39(32-36-42)45-20-12-21-49-48-19-6-10-26-54(48)59-56(45)49)41-33-29-38(30-34-41)43-15-3-7-22-50(43)58-51-23-8-4-17-46(51)47-18-5-9-24-52(47)58/h1-36H. The first kappa shape index (κ1) is 33.3. The molecule has 12 aromatic rings. The van der Waals surface area contributed by atoms with Crippen LogP contribution in [0, 0.1) is 0 Å². The molecular formula is C56H36N2O. The molecular weight excluding hydrogens is 717 g/mol. The smallest absolute Gasteiger partial charge is 0.143 e. The summed E-state index contributed by atoms with van der Waals surface area (Å²) < 4.78 is 8.86. The number of hydrogen-bond acceptors (Lipinski definition) is 2. The van der Waals surface area contributed by atoms with Crippen LogP contribution in [0.25, 0.3) is 93.2 Å². The van der Waals surface area contributed by atoms with E-state index in [-0.39, 0.29) is 0 Å². The van der Waals surface area contributed by atoms with Crippen LogP contribution in [0.1, 0.15) is 0 Å². The van der Waals surface area contributed by atoms with E-state index < -0.39 is 0 Å². The topological polar surface area (TPSA) is 21.3 Å². The van der Waals surface area contributed by atoms with Crippen LogP contribution in [-0.4, -0.2) is 4.57 Å². The summed E-state index contributed by atoms with van der Waals surface area (Å²) in [5, 5.41) is 9.66. The zero-order valence-electron chi connectivity index (χ0n) is 32.1. The Morgan fingerprint density at radius 1 is 0.356 bits per heavy atom. The number of aromatic nitrogens is 1. The molecule has 0 aliphatic carbocycles. The van der Waals surface area contributed by atoms with Gasteiger partial charge in [0.2, 0.25) is 0 Å². The van der Waals surface area contributed by atoms with E-state index in [1.54, 1.807) is 0 Å². The molecule has 2 heterocycles. The maximum atomic E-state index is 6.45. The van der Waals surface area contributed by atoms with Gasteiger partial charge in [-0.2, -0.15) is 0 Å². The SMILES string of the molecule is c1ccc(-n2c3ccccc3c3ccccc32)c(-c2ccc(N(c3ccc(-c4cccc5c4oc4ccccc45)cc3)c3cccc4ccc5ccccc5c34)cc2)c1. The number of anilines is 3. The number of benzene rings is 10. The fourth-order valence-electron chi connectivity index (χ4n) is 9.30. The van der Waals surface area contributed by atoms with Crippen LogP contribution in [0.5, 0.6) is 0 Å². The Balaban J connectivity index is 1.01. The summed E-state index contributed by atoms with van der Waals surface area (Å²) in [4.78, 5) is 2.41. The minimum Gasteiger partial charge on any atom is -0.455 e. The highest BCUT2D eigenvalue weighted by Gasteiger charge is 2.20. The van der Waals surface area contributed by atoms with Gasteiger partial charge in [-0.25, -0.2) is 0 Å². The molecule has 0 saturated heterocycles. The number of furan rings is 1. The molecule has 0 amide bonds. The molecule has 2 aromatic heterocycles. The molecule has 0 N–H and O–H groups in total. The van der Waals surface area contributed by atoms with Crippen molar-refractivity contribution in [2.45, 2.75) is 0 Å². The van der Waals surface area contributed by atoms with Crippen molar-refractivity contribution in [2.24, 2.45) is 0 Å². The van der Waals surface area contributed by atoms with Crippen LogP contribution in [-0.2, 0) is 0 Å². The molecule has 59 heavy (non-hydrogen) atoms. The maximum absolute atomic E-state index is 6.45. The van der Waals surface area contributed by atoms with Gasteiger partial charge in [0, 0.05) is 49.4 Å². The molecule has 0 bridgehead atoms. The van der Waals surface area contributed by atoms with E-state index in [1.165, 1.54) is 48.9 Å². The first-order chi connectivity index (χ1) is 29.3. The maximum Gasteiger partial charge on any atom is 0.143 e. The predicted molar refractivity (Wildman–Crippen MR) is 249 cm³/mol. The van der Waals surface area contributed by atoms with E-state index in [0.717, 1.165) is 61.4 Å². The van der Waals surface area contributed by atoms with Crippen molar-refractivity contribution in [3.05, 3.63) is 218 Å². The Bertz CT molecular complexity index is 3500. The molecule has 0 aliphatic rings. The summed E-state index contributed by atoms with van der Waals surface area (Å²) in [5.41, 5.74) is 13.2. The highest BCUT2D eigenvalue weighted by Crippen LogP contribution is 2.44. The summed E-state index contributed by atoms with van der Waals surface area (Å²) >= 11 is 0. The zero-order valence-corrected chi connectivity index (χ0v) is 32.1. The number of rotatable bonds is 6. The highest BCUT2D eigenvalue weighted by molar-refractivity contribution is 6.15. The minimum absolute atomic E-state index is 0.905. The number of hydrogen-bond donors (Lipinski definition) is 0. The molecule has 3 heteroatoms. The monoisotopic (exact) mass is 752 g/mol. The van der Waals surface area contributed by atoms with Gasteiger partial charge in [0.05, 0.1) is 22.4 Å². The lowest BCUT2D eigenvalue weighted by molar-refractivity contribution is 0.670. The lowest BCUT2D eigenvalue weighted by atomic mass is 9.98. The van der Waals surface area contributed by atoms with Gasteiger partial charge in [-0.1, -0.05) is 164 Å². The van der Waals surface area contributed by atoms with Crippen molar-refractivity contribution in [1.29, 1.82) is 0 Å². The van der Waals surface area contributed by atoms with Crippen molar-refractivity contribution in [1.82, 2.24) is 4.57 Å². The summed E-state index contributed by atoms with van der Waals surface area (Å²) in [6.07, 6.45) is 0. The van der Waals surface area contributed by atoms with Gasteiger partial charge >= 0.3 is 0 Å². The lowest BCUT2D eigenvalue weighted by Crippen LogP contribution is -2.10. The molecule has 0 fully saturated rings. The Hall–Kier alpha value is -7.88. The third kappa shape index (κ3) is 5.29. The molecule has 3 nitrogen and oxygen atoms in total. The molecule has 0 spiro atoms. The van der Waals surface area contributed by atoms with Crippen LogP contribution in [0.4, 0.5) is 17.1 Å². The fourth-order valence-corrected chi connectivity index (χ4v) is 9.30. The molecule has 0 radical (unpaired) electrons. The van der Waals surface area contributed by atoms with E-state index in [1.807, 2.05) is 12.1 Å². The largest absolute Gasteiger partial charge is 0.455 e. The van der Waals surface area contributed by atoms with Gasteiger partial charge < -0.3 is 13.9 Å². The van der Waals surface area contributed by atoms with Crippen molar-refractivity contribution < 1.29 is 4.42 Å². The molecule has 0 atom stereocenters. The van der Waals surface area contributed by atoms with E-state index >= 15 is 0 Å². The van der Waals surface area contributed by atoms with Crippen LogP contribution in [0.3, 0.4) is 0 Å². The second-order valence-electron chi connectivity index (χ2n) is 15.3. The zero-order chi connectivity index (χ0) is 38.9. The van der Waals surface area contributed by atoms with E-state index in [2.05, 4.69) is 216 Å². The van der Waals surface area contributed by atoms with Gasteiger partial charge in [-0.15, -0.1) is 0 Å². The third-order valence-electron chi connectivity index (χ3n) is 12.0. The van der Waals surface area contributed by atoms with Crippen LogP contribution in [0.15, 0.2) is 223 Å². The lowest BCUT2D eigenvalue weighted by Gasteiger charge is -2.28. The van der Waals surface area contributed by atoms with E-state index in [0.29, 0.717) is 0 Å². The van der Waals surface area contributed by atoms with Gasteiger partial charge in [-0.3, -0.25) is 0 Å². The van der Waals surface area contributed by atoms with Crippen molar-refractivity contribution >= 4 is 82.4 Å². The van der Waals surface area contributed by atoms with E-state index in [4.69, 9.17) is 4.42 Å². The average Bonchev–Trinajstić information content (AvgIpc) is 3.86. The van der Waals surface area contributed by atoms with Crippen LogP contribution >= 0.6 is 0 Å². The highest BCUT2D eigenvalue weighted by atomic mass is 16.3. The third-order valence-corrected chi connectivity index (χ3v) is 12.0. The number of nitrogens with zero attached hydrogens (tertiary/aromatic N) is 2. The van der Waals surface area contributed by atoms with Gasteiger partial charge in [0.25, 0.3) is 0 Å². The first-order valence-corrected chi connectivity index (χ1v) is 20.2. The summed E-state index contributed by atoms with van der Waals surface area (Å²) in [6, 6.07) is 78.7. The Kier molecular flexibility index (Phi) is 7.54. The molecule has 0 saturated carbocycles. The summed E-state index contributed by atoms with van der Waals surface area (Å²) in [5.74, 6) is 0. The molecule has 0 aliphatic heterocycles. The Morgan fingerprint density at radius 3 is 1.63 bits per heavy atom. The summed E-state index contributed by atoms with van der Waals surface area (Å²) in [6.45, 7) is 0. The van der Waals surface area contributed by atoms with Crippen molar-refractivity contribution in [2.75, 3.05) is 4.90 Å². The average molecular weight is 753 g/mol. The van der Waals surface area contributed by atoms with Gasteiger partial charge in [-0.05, 0) is 81.9 Å². The normalized spacial score (nSPS) is 11.7. The fraction of sp³-hybridized carbons (Fsp3) is 0. The first-order valence-electron chi connectivity index (χ1n) is 20.2. The van der Waals surface area contributed by atoms with E-state index in [9.17, 15) is 0 Å². The number of fused-ring (bicyclic) bond motifs is 9. The quantitative estimate of drug-likeness (QED) is 0.158. The van der Waals surface area contributed by atoms with Crippen LogP contribution in [0.2, 0.25) is 0 Å². The summed E-state index contributed by atoms with van der Waals surface area (Å²) in [7, 11) is 0. The molecule has 276 valence electrons. The van der Waals surface area contributed by atoms with Crippen molar-refractivity contribution in [3.63, 3.8) is 0 Å². The molecule has 12 rings (SSSR count). The van der Waals surface area contributed by atoms with Crippen molar-refractivity contribution in [3.8, 4) is 27.9 Å². The van der Waals surface area contributed by atoms with Gasteiger partial charge in [0.1, 0.15) is 11.2 Å².